The molecule has 60 heavy (non-hydrogen) atoms. The zero-order valence-electron chi connectivity index (χ0n) is 32.5. The van der Waals surface area contributed by atoms with Crippen LogP contribution in [-0.4, -0.2) is 14.5 Å². The molecule has 1 aliphatic rings. The van der Waals surface area contributed by atoms with Crippen molar-refractivity contribution in [3.8, 4) is 39.5 Å². The van der Waals surface area contributed by atoms with E-state index >= 15 is 0 Å². The lowest BCUT2D eigenvalue weighted by atomic mass is 9.85. The summed E-state index contributed by atoms with van der Waals surface area (Å²) in [6.07, 6.45) is 2.08. The first kappa shape index (κ1) is 33.6. The molecular weight excluding hydrogens is 751 g/mol. The second-order valence-corrected chi connectivity index (χ2v) is 17.0. The summed E-state index contributed by atoms with van der Waals surface area (Å²) in [6, 6.07) is 65.6. The SMILES string of the molecule is c1ccc(-c2nc(-c3cccc4oc5cc(-n6c7ccccc7c7c8c(ccc76)CCC(c6ccccc6)c6ccccc6-8)ccc5c34)nc3c2sc2ccccc23)cc1. The van der Waals surface area contributed by atoms with Crippen LogP contribution in [0, 0.1) is 0 Å². The molecule has 0 saturated carbocycles. The number of benzene rings is 8. The summed E-state index contributed by atoms with van der Waals surface area (Å²) in [6.45, 7) is 0. The van der Waals surface area contributed by atoms with Gasteiger partial charge in [-0.15, -0.1) is 11.3 Å². The van der Waals surface area contributed by atoms with E-state index < -0.39 is 0 Å². The molecule has 0 bridgehead atoms. The van der Waals surface area contributed by atoms with Crippen molar-refractivity contribution >= 4 is 75.4 Å². The Morgan fingerprint density at radius 3 is 2.23 bits per heavy atom. The van der Waals surface area contributed by atoms with Gasteiger partial charge in [-0.25, -0.2) is 9.97 Å². The minimum Gasteiger partial charge on any atom is -0.456 e. The molecule has 4 aromatic heterocycles. The highest BCUT2D eigenvalue weighted by Crippen LogP contribution is 2.48. The molecule has 0 N–H and O–H groups in total. The summed E-state index contributed by atoms with van der Waals surface area (Å²) >= 11 is 1.75. The number of thiophene rings is 1. The highest BCUT2D eigenvalue weighted by atomic mass is 32.1. The van der Waals surface area contributed by atoms with Crippen LogP contribution in [-0.2, 0) is 6.42 Å². The van der Waals surface area contributed by atoms with Crippen LogP contribution < -0.4 is 0 Å². The van der Waals surface area contributed by atoms with Gasteiger partial charge in [-0.1, -0.05) is 140 Å². The smallest absolute Gasteiger partial charge is 0.161 e. The molecule has 1 atom stereocenters. The van der Waals surface area contributed by atoms with Crippen molar-refractivity contribution in [2.45, 2.75) is 18.8 Å². The molecule has 1 unspecified atom stereocenters. The van der Waals surface area contributed by atoms with Crippen molar-refractivity contribution in [1.82, 2.24) is 14.5 Å². The molecule has 4 nitrogen and oxygen atoms in total. The Labute approximate surface area is 349 Å². The number of para-hydroxylation sites is 1. The van der Waals surface area contributed by atoms with E-state index in [1.54, 1.807) is 11.3 Å². The normalized spacial score (nSPS) is 14.0. The lowest BCUT2D eigenvalue weighted by molar-refractivity contribution is 0.668. The first-order chi connectivity index (χ1) is 29.8. The van der Waals surface area contributed by atoms with Crippen molar-refractivity contribution in [2.24, 2.45) is 0 Å². The van der Waals surface area contributed by atoms with Gasteiger partial charge in [0.05, 0.1) is 26.9 Å². The van der Waals surface area contributed by atoms with E-state index in [0.717, 1.165) is 72.9 Å². The van der Waals surface area contributed by atoms with Gasteiger partial charge in [0.25, 0.3) is 0 Å². The van der Waals surface area contributed by atoms with Crippen LogP contribution in [0.1, 0.15) is 29.0 Å². The van der Waals surface area contributed by atoms with Crippen LogP contribution in [0.5, 0.6) is 0 Å². The van der Waals surface area contributed by atoms with Crippen molar-refractivity contribution in [1.29, 1.82) is 0 Å². The van der Waals surface area contributed by atoms with Crippen LogP contribution in [0.4, 0.5) is 0 Å². The van der Waals surface area contributed by atoms with Crippen LogP contribution >= 0.6 is 11.3 Å². The summed E-state index contributed by atoms with van der Waals surface area (Å²) in [5, 5.41) is 5.77. The van der Waals surface area contributed by atoms with E-state index in [4.69, 9.17) is 14.4 Å². The average Bonchev–Trinajstić information content (AvgIpc) is 3.95. The molecule has 0 spiro atoms. The van der Waals surface area contributed by atoms with Gasteiger partial charge in [-0.2, -0.15) is 0 Å². The zero-order chi connectivity index (χ0) is 39.3. The molecule has 0 radical (unpaired) electrons. The maximum Gasteiger partial charge on any atom is 0.161 e. The molecule has 12 aromatic rings. The van der Waals surface area contributed by atoms with Gasteiger partial charge in [0.1, 0.15) is 11.2 Å². The van der Waals surface area contributed by atoms with Crippen LogP contribution in [0.2, 0.25) is 0 Å². The summed E-state index contributed by atoms with van der Waals surface area (Å²) in [5.74, 6) is 1.03. The van der Waals surface area contributed by atoms with E-state index in [1.807, 2.05) is 0 Å². The molecule has 0 fully saturated rings. The van der Waals surface area contributed by atoms with Gasteiger partial charge >= 0.3 is 0 Å². The highest BCUT2D eigenvalue weighted by molar-refractivity contribution is 7.26. The average molecular weight is 786 g/mol. The summed E-state index contributed by atoms with van der Waals surface area (Å²) < 4.78 is 11.5. The highest BCUT2D eigenvalue weighted by Gasteiger charge is 2.27. The Morgan fingerprint density at radius 1 is 0.567 bits per heavy atom. The first-order valence-corrected chi connectivity index (χ1v) is 21.5. The minimum atomic E-state index is 0.334. The quantitative estimate of drug-likeness (QED) is 0.178. The standard InChI is InChI=1S/C55H35N3OS/c1-3-14-33(15-4-1)37-29-26-34-27-31-45-51(49(34)39-19-8-7-18-38(37)39)40-20-9-11-23-44(40)58(45)36-28-30-41-47(32-36)59-46-24-13-22-43(50(41)46)55-56-52(35-16-5-2-6-17-35)54-53(57-55)42-21-10-12-25-48(42)60-54/h1-25,27-28,30-32,37H,26,29H2. The minimum absolute atomic E-state index is 0.334. The number of rotatable bonds is 4. The molecule has 0 saturated heterocycles. The van der Waals surface area contributed by atoms with Crippen molar-refractivity contribution in [3.63, 3.8) is 0 Å². The largest absolute Gasteiger partial charge is 0.456 e. The van der Waals surface area contributed by atoms with Gasteiger partial charge in [0.15, 0.2) is 5.82 Å². The summed E-state index contributed by atoms with van der Waals surface area (Å²) in [5.41, 5.74) is 15.9. The molecular formula is C55H35N3OS. The number of furan rings is 1. The Hall–Kier alpha value is -7.34. The predicted octanol–water partition coefficient (Wildman–Crippen LogP) is 14.9. The number of aryl methyl sites for hydroxylation is 1. The van der Waals surface area contributed by atoms with Gasteiger partial charge < -0.3 is 8.98 Å². The number of hydrogen-bond donors (Lipinski definition) is 0. The topological polar surface area (TPSA) is 43.9 Å². The molecule has 13 rings (SSSR count). The second kappa shape index (κ2) is 13.1. The number of aromatic nitrogens is 3. The zero-order valence-corrected chi connectivity index (χ0v) is 33.3. The van der Waals surface area contributed by atoms with E-state index in [-0.39, 0.29) is 0 Å². The van der Waals surface area contributed by atoms with Gasteiger partial charge in [-0.05, 0) is 77.1 Å². The van der Waals surface area contributed by atoms with Crippen LogP contribution in [0.15, 0.2) is 186 Å². The fourth-order valence-corrected chi connectivity index (χ4v) is 11.2. The van der Waals surface area contributed by atoms with E-state index in [1.165, 1.54) is 54.3 Å². The summed E-state index contributed by atoms with van der Waals surface area (Å²) in [4.78, 5) is 10.6. The number of fused-ring (bicyclic) bond motifs is 13. The maximum absolute atomic E-state index is 6.78. The fraction of sp³-hybridized carbons (Fsp3) is 0.0545. The molecule has 1 aliphatic carbocycles. The van der Waals surface area contributed by atoms with Crippen LogP contribution in [0.25, 0.3) is 104 Å². The van der Waals surface area contributed by atoms with Gasteiger partial charge in [0.2, 0.25) is 0 Å². The molecule has 8 aromatic carbocycles. The Morgan fingerprint density at radius 2 is 1.33 bits per heavy atom. The van der Waals surface area contributed by atoms with Crippen LogP contribution in [0.3, 0.4) is 0 Å². The molecule has 5 heteroatoms. The van der Waals surface area contributed by atoms with E-state index in [2.05, 4.69) is 187 Å². The number of nitrogens with zero attached hydrogens (tertiary/aromatic N) is 3. The van der Waals surface area contributed by atoms with Crippen molar-refractivity contribution in [3.05, 3.63) is 199 Å². The Bertz CT molecular complexity index is 3670. The molecule has 4 heterocycles. The number of hydrogen-bond acceptors (Lipinski definition) is 4. The monoisotopic (exact) mass is 785 g/mol. The van der Waals surface area contributed by atoms with Crippen molar-refractivity contribution < 1.29 is 4.42 Å². The van der Waals surface area contributed by atoms with Crippen molar-refractivity contribution in [2.75, 3.05) is 0 Å². The predicted molar refractivity (Wildman–Crippen MR) is 249 cm³/mol. The summed E-state index contributed by atoms with van der Waals surface area (Å²) in [7, 11) is 0. The lowest BCUT2D eigenvalue weighted by Gasteiger charge is -2.18. The third kappa shape index (κ3) is 4.96. The fourth-order valence-electron chi connectivity index (χ4n) is 10.1. The third-order valence-corrected chi connectivity index (χ3v) is 13.8. The van der Waals surface area contributed by atoms with Gasteiger partial charge in [-0.3, -0.25) is 0 Å². The maximum atomic E-state index is 6.78. The Balaban J connectivity index is 1.01. The van der Waals surface area contributed by atoms with E-state index in [9.17, 15) is 0 Å². The molecule has 0 aliphatic heterocycles. The Kier molecular flexibility index (Phi) is 7.33. The first-order valence-electron chi connectivity index (χ1n) is 20.7. The third-order valence-electron chi connectivity index (χ3n) is 12.7. The molecule has 0 amide bonds. The molecule has 282 valence electrons. The lowest BCUT2D eigenvalue weighted by Crippen LogP contribution is -2.01. The second-order valence-electron chi connectivity index (χ2n) is 15.9. The van der Waals surface area contributed by atoms with E-state index in [0.29, 0.717) is 11.7 Å². The van der Waals surface area contributed by atoms with Gasteiger partial charge in [0, 0.05) is 60.4 Å².